The lowest BCUT2D eigenvalue weighted by Gasteiger charge is -2.40. The smallest absolute Gasteiger partial charge is 0.303 e. The quantitative estimate of drug-likeness (QED) is 0.632. The van der Waals surface area contributed by atoms with E-state index in [9.17, 15) is 14.9 Å². The molecule has 0 saturated carbocycles. The van der Waals surface area contributed by atoms with Crippen LogP contribution >= 0.6 is 0 Å². The summed E-state index contributed by atoms with van der Waals surface area (Å²) in [5.74, 6) is -0.596. The first-order chi connectivity index (χ1) is 8.06. The molecule has 1 aliphatic rings. The topological polar surface area (TPSA) is 83.7 Å². The zero-order chi connectivity index (χ0) is 12.4. The molecule has 1 fully saturated rings. The van der Waals surface area contributed by atoms with Crippen LogP contribution in [0.4, 0.5) is 11.4 Å². The van der Waals surface area contributed by atoms with Gasteiger partial charge < -0.3 is 10.0 Å². The molecule has 1 aliphatic heterocycles. The van der Waals surface area contributed by atoms with Gasteiger partial charge in [-0.15, -0.1) is 0 Å². The third-order valence-corrected chi connectivity index (χ3v) is 2.85. The first-order valence-electron chi connectivity index (χ1n) is 5.27. The standard InChI is InChI=1S/C11H12N2O4/c14-11(15)5-8-6-12(7-8)9-1-3-10(4-2-9)13(16)17/h1-4,8H,5-7H2,(H,14,15). The predicted octanol–water partition coefficient (Wildman–Crippen LogP) is 1.51. The van der Waals surface area contributed by atoms with E-state index in [1.54, 1.807) is 12.1 Å². The van der Waals surface area contributed by atoms with Gasteiger partial charge in [0.25, 0.3) is 5.69 Å². The molecular formula is C11H12N2O4. The first kappa shape index (κ1) is 11.4. The van der Waals surface area contributed by atoms with E-state index >= 15 is 0 Å². The minimum absolute atomic E-state index is 0.0661. The van der Waals surface area contributed by atoms with Crippen molar-refractivity contribution in [3.8, 4) is 0 Å². The monoisotopic (exact) mass is 236 g/mol. The molecule has 90 valence electrons. The number of nitro groups is 1. The molecule has 6 nitrogen and oxygen atoms in total. The number of carboxylic acids is 1. The molecule has 0 unspecified atom stereocenters. The lowest BCUT2D eigenvalue weighted by atomic mass is 9.95. The van der Waals surface area contributed by atoms with Crippen LogP contribution < -0.4 is 4.90 Å². The van der Waals surface area contributed by atoms with Crippen LogP contribution in [0.1, 0.15) is 6.42 Å². The van der Waals surface area contributed by atoms with E-state index in [1.807, 2.05) is 4.90 Å². The third kappa shape index (κ3) is 2.52. The molecule has 0 aliphatic carbocycles. The number of carboxylic acid groups (broad SMARTS) is 1. The van der Waals surface area contributed by atoms with Crippen LogP contribution in [0.25, 0.3) is 0 Å². The van der Waals surface area contributed by atoms with Gasteiger partial charge in [-0.3, -0.25) is 14.9 Å². The van der Waals surface area contributed by atoms with Crippen LogP contribution in [0.5, 0.6) is 0 Å². The van der Waals surface area contributed by atoms with E-state index in [0.717, 1.165) is 5.69 Å². The van der Waals surface area contributed by atoms with Gasteiger partial charge in [0.05, 0.1) is 11.3 Å². The van der Waals surface area contributed by atoms with Crippen molar-refractivity contribution in [2.45, 2.75) is 6.42 Å². The van der Waals surface area contributed by atoms with Gasteiger partial charge in [0.2, 0.25) is 0 Å². The predicted molar refractivity (Wildman–Crippen MR) is 61.1 cm³/mol. The summed E-state index contributed by atoms with van der Waals surface area (Å²) < 4.78 is 0. The summed E-state index contributed by atoms with van der Waals surface area (Å²) in [6, 6.07) is 6.30. The van der Waals surface area contributed by atoms with Crippen molar-refractivity contribution in [1.82, 2.24) is 0 Å². The molecule has 1 saturated heterocycles. The van der Waals surface area contributed by atoms with Crippen LogP contribution in [-0.4, -0.2) is 29.1 Å². The van der Waals surface area contributed by atoms with Crippen LogP contribution in [-0.2, 0) is 4.79 Å². The fourth-order valence-electron chi connectivity index (χ4n) is 1.94. The first-order valence-corrected chi connectivity index (χ1v) is 5.27. The largest absolute Gasteiger partial charge is 0.481 e. The summed E-state index contributed by atoms with van der Waals surface area (Å²) >= 11 is 0. The Kier molecular flexibility index (Phi) is 2.95. The second kappa shape index (κ2) is 4.40. The van der Waals surface area contributed by atoms with Gasteiger partial charge in [-0.25, -0.2) is 0 Å². The Hall–Kier alpha value is -2.11. The molecule has 2 rings (SSSR count). The van der Waals surface area contributed by atoms with Crippen LogP contribution in [0.3, 0.4) is 0 Å². The highest BCUT2D eigenvalue weighted by Crippen LogP contribution is 2.27. The number of anilines is 1. The molecule has 0 aromatic heterocycles. The molecule has 1 heterocycles. The van der Waals surface area contributed by atoms with Gasteiger partial charge in [-0.1, -0.05) is 0 Å². The highest BCUT2D eigenvalue weighted by atomic mass is 16.6. The summed E-state index contributed by atoms with van der Waals surface area (Å²) in [6.07, 6.45) is 0.184. The molecule has 6 heteroatoms. The van der Waals surface area contributed by atoms with Crippen molar-refractivity contribution >= 4 is 17.3 Å². The van der Waals surface area contributed by atoms with Crippen molar-refractivity contribution in [2.75, 3.05) is 18.0 Å². The van der Waals surface area contributed by atoms with Crippen LogP contribution in [0.15, 0.2) is 24.3 Å². The number of hydrogen-bond acceptors (Lipinski definition) is 4. The van der Waals surface area contributed by atoms with E-state index in [4.69, 9.17) is 5.11 Å². The molecule has 0 amide bonds. The Morgan fingerprint density at radius 3 is 2.47 bits per heavy atom. The molecule has 1 N–H and O–H groups in total. The lowest BCUT2D eigenvalue weighted by molar-refractivity contribution is -0.384. The maximum absolute atomic E-state index is 10.5. The van der Waals surface area contributed by atoms with E-state index in [0.29, 0.717) is 13.1 Å². The molecule has 0 radical (unpaired) electrons. The summed E-state index contributed by atoms with van der Waals surface area (Å²) in [4.78, 5) is 22.5. The zero-order valence-electron chi connectivity index (χ0n) is 9.07. The summed E-state index contributed by atoms with van der Waals surface area (Å²) in [7, 11) is 0. The van der Waals surface area contributed by atoms with Gasteiger partial charge in [-0.2, -0.15) is 0 Å². The van der Waals surface area contributed by atoms with Gasteiger partial charge in [0.15, 0.2) is 0 Å². The Balaban J connectivity index is 1.93. The Morgan fingerprint density at radius 1 is 1.41 bits per heavy atom. The maximum atomic E-state index is 10.5. The molecule has 1 aromatic carbocycles. The number of hydrogen-bond donors (Lipinski definition) is 1. The summed E-state index contributed by atoms with van der Waals surface area (Å²) in [5.41, 5.74) is 0.966. The number of benzene rings is 1. The number of rotatable bonds is 4. The molecule has 1 aromatic rings. The SMILES string of the molecule is O=C(O)CC1CN(c2ccc([N+](=O)[O-])cc2)C1. The summed E-state index contributed by atoms with van der Waals surface area (Å²) in [6.45, 7) is 1.40. The molecular weight excluding hydrogens is 224 g/mol. The van der Waals surface area contributed by atoms with Gasteiger partial charge in [0, 0.05) is 36.8 Å². The van der Waals surface area contributed by atoms with E-state index in [-0.39, 0.29) is 18.0 Å². The Labute approximate surface area is 97.6 Å². The van der Waals surface area contributed by atoms with Crippen LogP contribution in [0.2, 0.25) is 0 Å². The third-order valence-electron chi connectivity index (χ3n) is 2.85. The second-order valence-electron chi connectivity index (χ2n) is 4.14. The number of nitrogens with zero attached hydrogens (tertiary/aromatic N) is 2. The fourth-order valence-corrected chi connectivity index (χ4v) is 1.94. The number of carbonyl (C=O) groups is 1. The van der Waals surface area contributed by atoms with Crippen molar-refractivity contribution in [3.63, 3.8) is 0 Å². The molecule has 17 heavy (non-hydrogen) atoms. The van der Waals surface area contributed by atoms with E-state index in [1.165, 1.54) is 12.1 Å². The molecule has 0 atom stereocenters. The highest BCUT2D eigenvalue weighted by Gasteiger charge is 2.28. The van der Waals surface area contributed by atoms with E-state index < -0.39 is 10.9 Å². The lowest BCUT2D eigenvalue weighted by Crippen LogP contribution is -2.47. The second-order valence-corrected chi connectivity index (χ2v) is 4.14. The average Bonchev–Trinajstić information content (AvgIpc) is 2.23. The van der Waals surface area contributed by atoms with Crippen molar-refractivity contribution in [1.29, 1.82) is 0 Å². The van der Waals surface area contributed by atoms with Gasteiger partial charge >= 0.3 is 5.97 Å². The number of nitro benzene ring substituents is 1. The number of aliphatic carboxylic acids is 1. The van der Waals surface area contributed by atoms with Crippen molar-refractivity contribution < 1.29 is 14.8 Å². The normalized spacial score (nSPS) is 15.4. The van der Waals surface area contributed by atoms with Crippen molar-refractivity contribution in [3.05, 3.63) is 34.4 Å². The van der Waals surface area contributed by atoms with Gasteiger partial charge in [0.1, 0.15) is 0 Å². The summed E-state index contributed by atoms with van der Waals surface area (Å²) in [5, 5.41) is 19.1. The van der Waals surface area contributed by atoms with Crippen molar-refractivity contribution in [2.24, 2.45) is 5.92 Å². The van der Waals surface area contributed by atoms with E-state index in [2.05, 4.69) is 0 Å². The zero-order valence-corrected chi connectivity index (χ0v) is 9.07. The molecule has 0 spiro atoms. The maximum Gasteiger partial charge on any atom is 0.303 e. The minimum atomic E-state index is -0.779. The fraction of sp³-hybridized carbons (Fsp3) is 0.364. The minimum Gasteiger partial charge on any atom is -0.481 e. The number of non-ortho nitro benzene ring substituents is 1. The Morgan fingerprint density at radius 2 is 2.00 bits per heavy atom. The van der Waals surface area contributed by atoms with Gasteiger partial charge in [-0.05, 0) is 12.1 Å². The molecule has 0 bridgehead atoms. The Bertz CT molecular complexity index is 437. The van der Waals surface area contributed by atoms with Crippen LogP contribution in [0, 0.1) is 16.0 Å². The average molecular weight is 236 g/mol. The highest BCUT2D eigenvalue weighted by molar-refractivity contribution is 5.68.